The lowest BCUT2D eigenvalue weighted by Gasteiger charge is -2.19. The molecule has 35 heavy (non-hydrogen) atoms. The highest BCUT2D eigenvalue weighted by atomic mass is 35.5. The van der Waals surface area contributed by atoms with Gasteiger partial charge in [0.25, 0.3) is 0 Å². The lowest BCUT2D eigenvalue weighted by molar-refractivity contribution is 0.0696. The van der Waals surface area contributed by atoms with Crippen LogP contribution in [0.5, 0.6) is 5.88 Å². The second kappa shape index (κ2) is 10.9. The van der Waals surface area contributed by atoms with Gasteiger partial charge in [-0.15, -0.1) is 0 Å². The van der Waals surface area contributed by atoms with Crippen LogP contribution >= 0.6 is 11.6 Å². The molecule has 1 aliphatic heterocycles. The maximum Gasteiger partial charge on any atom is 0.335 e. The summed E-state index contributed by atoms with van der Waals surface area (Å²) in [5, 5.41) is 8.90. The van der Waals surface area contributed by atoms with Crippen molar-refractivity contribution < 1.29 is 32.8 Å². The fraction of sp³-hybridized carbons (Fsp3) is 0.0435. The van der Waals surface area contributed by atoms with Crippen molar-refractivity contribution in [2.24, 2.45) is 5.73 Å². The Morgan fingerprint density at radius 3 is 2.46 bits per heavy atom. The number of nitrogens with zero attached hydrogens (tertiary/aromatic N) is 1. The summed E-state index contributed by atoms with van der Waals surface area (Å²) in [6.07, 6.45) is 2.70. The van der Waals surface area contributed by atoms with Crippen LogP contribution in [0.15, 0.2) is 59.6 Å². The molecular weight excluding hydrogens is 501 g/mol. The van der Waals surface area contributed by atoms with Gasteiger partial charge in [-0.25, -0.2) is 18.4 Å². The van der Waals surface area contributed by atoms with Crippen molar-refractivity contribution in [3.8, 4) is 5.88 Å². The smallest absolute Gasteiger partial charge is 0.335 e. The number of halogens is 2. The third-order valence-corrected chi connectivity index (χ3v) is 6.01. The van der Waals surface area contributed by atoms with Crippen molar-refractivity contribution in [3.05, 3.63) is 92.7 Å². The lowest BCUT2D eigenvalue weighted by Crippen LogP contribution is -2.23. The van der Waals surface area contributed by atoms with Crippen molar-refractivity contribution in [3.63, 3.8) is 0 Å². The van der Waals surface area contributed by atoms with Gasteiger partial charge < -0.3 is 20.3 Å². The number of pyridine rings is 1. The first kappa shape index (κ1) is 25.5. The number of carbonyl (C=O) groups is 3. The second-order valence-electron chi connectivity index (χ2n) is 6.90. The van der Waals surface area contributed by atoms with Crippen LogP contribution in [0, 0.1) is 5.82 Å². The fourth-order valence-electron chi connectivity index (χ4n) is 2.85. The minimum atomic E-state index is -1.82. The number of ketones is 1. The summed E-state index contributed by atoms with van der Waals surface area (Å²) >= 11 is 5.70. The van der Waals surface area contributed by atoms with Crippen LogP contribution in [0.3, 0.4) is 0 Å². The molecule has 0 fully saturated rings. The minimum Gasteiger partial charge on any atom is -0.481 e. The van der Waals surface area contributed by atoms with Crippen LogP contribution in [0.25, 0.3) is 6.08 Å². The Kier molecular flexibility index (Phi) is 7.94. The molecule has 12 heteroatoms. The maximum absolute atomic E-state index is 13.2. The van der Waals surface area contributed by atoms with E-state index in [1.165, 1.54) is 49.7 Å². The lowest BCUT2D eigenvalue weighted by atomic mass is 10.0. The van der Waals surface area contributed by atoms with E-state index in [4.69, 9.17) is 27.2 Å². The highest BCUT2D eigenvalue weighted by Gasteiger charge is 2.28. The standard InChI is InChI=1S/C16H9ClFNO4S.C7H8N2O2/c17-11-5-8(1-3-12(11)18)6-14-15(20)10-7-9(16(21)22)2-4-13(10)19-24(14)23;1-11-6-3-2-5(4-9-6)7(8)10/h1-7,19H,(H,21,22);2-4H,1H3,(H2,8,10)/b14-6-;. The highest BCUT2D eigenvalue weighted by molar-refractivity contribution is 7.91. The number of methoxy groups -OCH3 is 1. The summed E-state index contributed by atoms with van der Waals surface area (Å²) in [6.45, 7) is 0. The number of aromatic nitrogens is 1. The highest BCUT2D eigenvalue weighted by Crippen LogP contribution is 2.30. The SMILES string of the molecule is COc1ccc(C(N)=O)cn1.O=C(O)c1ccc2c(c1)C(=O)/C(=C/c1ccc(F)c(Cl)c1)S(=O)N2. The fourth-order valence-corrected chi connectivity index (χ4v) is 4.04. The Hall–Kier alpha value is -4.09. The quantitative estimate of drug-likeness (QED) is 0.447. The van der Waals surface area contributed by atoms with Gasteiger partial charge in [0.15, 0.2) is 11.0 Å². The number of nitrogens with one attached hydrogen (secondary N) is 1. The van der Waals surface area contributed by atoms with E-state index < -0.39 is 34.5 Å². The van der Waals surface area contributed by atoms with Crippen molar-refractivity contribution in [2.45, 2.75) is 0 Å². The molecule has 1 aromatic heterocycles. The second-order valence-corrected chi connectivity index (χ2v) is 8.49. The van der Waals surface area contributed by atoms with E-state index in [0.717, 1.165) is 6.07 Å². The van der Waals surface area contributed by atoms with Crippen LogP contribution in [0.1, 0.15) is 36.6 Å². The third kappa shape index (κ3) is 6.08. The Morgan fingerprint density at radius 1 is 1.17 bits per heavy atom. The summed E-state index contributed by atoms with van der Waals surface area (Å²) in [5.74, 6) is -2.36. The number of hydrogen-bond acceptors (Lipinski definition) is 6. The van der Waals surface area contributed by atoms with Crippen LogP contribution in [-0.4, -0.2) is 39.1 Å². The molecule has 3 aromatic rings. The number of carboxylic acid groups (broad SMARTS) is 1. The van der Waals surface area contributed by atoms with Gasteiger partial charge >= 0.3 is 5.97 Å². The van der Waals surface area contributed by atoms with Gasteiger partial charge in [-0.1, -0.05) is 17.7 Å². The number of Topliss-reactive ketones (excluding diaryl/α,β-unsaturated/α-hetero) is 1. The molecule has 2 heterocycles. The molecule has 1 atom stereocenters. The van der Waals surface area contributed by atoms with Gasteiger partial charge in [0.05, 0.1) is 28.9 Å². The summed E-state index contributed by atoms with van der Waals surface area (Å²) in [4.78, 5) is 37.9. The summed E-state index contributed by atoms with van der Waals surface area (Å²) in [6, 6.07) is 10.9. The van der Waals surface area contributed by atoms with Crippen molar-refractivity contribution in [1.29, 1.82) is 0 Å². The number of rotatable bonds is 4. The number of carbonyl (C=O) groups excluding carboxylic acids is 2. The predicted molar refractivity (Wildman–Crippen MR) is 128 cm³/mol. The van der Waals surface area contributed by atoms with Crippen molar-refractivity contribution in [1.82, 2.24) is 4.98 Å². The number of benzene rings is 2. The molecule has 0 aliphatic carbocycles. The average Bonchev–Trinajstić information content (AvgIpc) is 2.84. The van der Waals surface area contributed by atoms with Crippen LogP contribution in [0.2, 0.25) is 5.02 Å². The Labute approximate surface area is 206 Å². The van der Waals surface area contributed by atoms with E-state index in [1.54, 1.807) is 12.1 Å². The molecule has 9 nitrogen and oxygen atoms in total. The zero-order valence-corrected chi connectivity index (χ0v) is 19.5. The molecule has 0 radical (unpaired) electrons. The van der Waals surface area contributed by atoms with E-state index in [0.29, 0.717) is 17.0 Å². The molecule has 0 spiro atoms. The number of fused-ring (bicyclic) bond motifs is 1. The normalized spacial score (nSPS) is 15.3. The molecule has 180 valence electrons. The number of hydrogen-bond donors (Lipinski definition) is 3. The number of anilines is 1. The summed E-state index contributed by atoms with van der Waals surface area (Å²) < 4.78 is 32.9. The van der Waals surface area contributed by atoms with Crippen LogP contribution in [-0.2, 0) is 11.0 Å². The van der Waals surface area contributed by atoms with Crippen molar-refractivity contribution >= 4 is 52.0 Å². The molecule has 4 rings (SSSR count). The summed E-state index contributed by atoms with van der Waals surface area (Å²) in [7, 11) is -0.316. The molecule has 1 amide bonds. The average molecular weight is 518 g/mol. The van der Waals surface area contributed by atoms with Gasteiger partial charge in [-0.05, 0) is 48.0 Å². The molecule has 2 aromatic carbocycles. The van der Waals surface area contributed by atoms with Crippen LogP contribution < -0.4 is 15.2 Å². The van der Waals surface area contributed by atoms with Gasteiger partial charge in [-0.3, -0.25) is 9.59 Å². The number of nitrogens with two attached hydrogens (primary N) is 1. The first-order valence-corrected chi connectivity index (χ1v) is 11.2. The van der Waals surface area contributed by atoms with Gasteiger partial charge in [-0.2, -0.15) is 0 Å². The Bertz CT molecular complexity index is 1380. The Morgan fingerprint density at radius 2 is 1.89 bits per heavy atom. The van der Waals surface area contributed by atoms with Gasteiger partial charge in [0.1, 0.15) is 10.7 Å². The largest absolute Gasteiger partial charge is 0.481 e. The monoisotopic (exact) mass is 517 g/mol. The molecular formula is C23H17ClFN3O6S. The Balaban J connectivity index is 0.000000261. The van der Waals surface area contributed by atoms with E-state index in [1.807, 2.05) is 0 Å². The number of amides is 1. The molecule has 4 N–H and O–H groups in total. The van der Waals surface area contributed by atoms with E-state index in [9.17, 15) is 23.0 Å². The zero-order chi connectivity index (χ0) is 25.7. The first-order chi connectivity index (χ1) is 16.6. The minimum absolute atomic E-state index is 0.0549. The number of primary amides is 1. The van der Waals surface area contributed by atoms with E-state index in [-0.39, 0.29) is 26.7 Å². The van der Waals surface area contributed by atoms with E-state index >= 15 is 0 Å². The third-order valence-electron chi connectivity index (χ3n) is 4.61. The van der Waals surface area contributed by atoms with E-state index in [2.05, 4.69) is 9.71 Å². The van der Waals surface area contributed by atoms with Crippen molar-refractivity contribution in [2.75, 3.05) is 11.8 Å². The van der Waals surface area contributed by atoms with Gasteiger partial charge in [0, 0.05) is 17.8 Å². The number of ether oxygens (including phenoxy) is 1. The molecule has 0 saturated carbocycles. The van der Waals surface area contributed by atoms with Crippen LogP contribution in [0.4, 0.5) is 10.1 Å². The number of allylic oxidation sites excluding steroid dienone is 1. The molecule has 1 aliphatic rings. The summed E-state index contributed by atoms with van der Waals surface area (Å²) in [5.41, 5.74) is 6.11. The number of aromatic carboxylic acids is 1. The molecule has 0 bridgehead atoms. The zero-order valence-electron chi connectivity index (χ0n) is 18.0. The van der Waals surface area contributed by atoms with Gasteiger partial charge in [0.2, 0.25) is 17.6 Å². The molecule has 1 unspecified atom stereocenters. The number of carboxylic acids is 1. The predicted octanol–water partition coefficient (Wildman–Crippen LogP) is 3.68. The first-order valence-electron chi connectivity index (χ1n) is 9.67. The maximum atomic E-state index is 13.2. The molecule has 0 saturated heterocycles. The topological polar surface area (TPSA) is 149 Å².